The summed E-state index contributed by atoms with van der Waals surface area (Å²) in [5, 5.41) is 15.6. The van der Waals surface area contributed by atoms with E-state index < -0.39 is 22.8 Å². The van der Waals surface area contributed by atoms with Gasteiger partial charge in [0.2, 0.25) is 5.91 Å². The summed E-state index contributed by atoms with van der Waals surface area (Å²) in [7, 11) is 1.27. The molecule has 3 aromatic rings. The van der Waals surface area contributed by atoms with E-state index in [1.54, 1.807) is 6.07 Å². The molecular weight excluding hydrogens is 372 g/mol. The zero-order chi connectivity index (χ0) is 20.8. The van der Waals surface area contributed by atoms with E-state index in [4.69, 9.17) is 4.74 Å². The van der Waals surface area contributed by atoms with Crippen LogP contribution in [0.15, 0.2) is 66.7 Å². The number of hydrogen-bond donors (Lipinski definition) is 1. The van der Waals surface area contributed by atoms with E-state index in [0.717, 1.165) is 16.3 Å². The van der Waals surface area contributed by atoms with Gasteiger partial charge >= 0.3 is 5.97 Å². The lowest BCUT2D eigenvalue weighted by Crippen LogP contribution is -2.43. The van der Waals surface area contributed by atoms with E-state index in [-0.39, 0.29) is 18.5 Å². The Bertz CT molecular complexity index is 1060. The third-order valence-electron chi connectivity index (χ3n) is 4.61. The number of methoxy groups -OCH3 is 1. The summed E-state index contributed by atoms with van der Waals surface area (Å²) in [4.78, 5) is 35.1. The molecule has 1 atom stereocenters. The van der Waals surface area contributed by atoms with E-state index in [1.165, 1.54) is 25.3 Å². The minimum Gasteiger partial charge on any atom is -0.467 e. The highest BCUT2D eigenvalue weighted by atomic mass is 16.6. The van der Waals surface area contributed by atoms with Gasteiger partial charge in [-0.3, -0.25) is 14.9 Å². The minimum atomic E-state index is -0.864. The number of nitrogens with zero attached hydrogens (tertiary/aromatic N) is 1. The largest absolute Gasteiger partial charge is 0.467 e. The van der Waals surface area contributed by atoms with E-state index in [1.807, 2.05) is 42.5 Å². The van der Waals surface area contributed by atoms with Crippen molar-refractivity contribution in [2.75, 3.05) is 7.11 Å². The Labute approximate surface area is 167 Å². The maximum absolute atomic E-state index is 12.5. The Kier molecular flexibility index (Phi) is 6.19. The number of amides is 1. The molecule has 7 nitrogen and oxygen atoms in total. The molecule has 0 fully saturated rings. The second-order valence-electron chi connectivity index (χ2n) is 6.59. The average molecular weight is 392 g/mol. The maximum atomic E-state index is 12.5. The number of fused-ring (bicyclic) bond motifs is 1. The van der Waals surface area contributed by atoms with Gasteiger partial charge in [-0.1, -0.05) is 54.6 Å². The molecule has 29 heavy (non-hydrogen) atoms. The Hall–Kier alpha value is -3.74. The van der Waals surface area contributed by atoms with Gasteiger partial charge < -0.3 is 10.1 Å². The summed E-state index contributed by atoms with van der Waals surface area (Å²) in [6.07, 6.45) is 0.194. The van der Waals surface area contributed by atoms with E-state index in [2.05, 4.69) is 5.32 Å². The molecule has 0 bridgehead atoms. The van der Waals surface area contributed by atoms with Crippen LogP contribution < -0.4 is 5.32 Å². The van der Waals surface area contributed by atoms with Crippen LogP contribution in [0, 0.1) is 10.1 Å². The van der Waals surface area contributed by atoms with Crippen LogP contribution in [0.1, 0.15) is 11.1 Å². The second-order valence-corrected chi connectivity index (χ2v) is 6.59. The average Bonchev–Trinajstić information content (AvgIpc) is 2.73. The van der Waals surface area contributed by atoms with Crippen LogP contribution in [0.25, 0.3) is 10.8 Å². The monoisotopic (exact) mass is 392 g/mol. The Morgan fingerprint density at radius 2 is 1.79 bits per heavy atom. The smallest absolute Gasteiger partial charge is 0.328 e. The van der Waals surface area contributed by atoms with Gasteiger partial charge in [-0.15, -0.1) is 0 Å². The predicted molar refractivity (Wildman–Crippen MR) is 108 cm³/mol. The Balaban J connectivity index is 1.77. The number of nitrogens with one attached hydrogen (secondary N) is 1. The van der Waals surface area contributed by atoms with Crippen LogP contribution in [0.3, 0.4) is 0 Å². The molecule has 0 aromatic heterocycles. The fraction of sp³-hybridized carbons (Fsp3) is 0.182. The third kappa shape index (κ3) is 4.95. The number of carbonyl (C=O) groups excluding carboxylic acids is 2. The number of esters is 1. The zero-order valence-electron chi connectivity index (χ0n) is 15.8. The standard InChI is InChI=1S/C22H20N2O5/c1-29-22(26)20(14-17-9-5-8-16-7-2-3-11-19(16)17)23-21(25)13-15-6-4-10-18(12-15)24(27)28/h2-12,20H,13-14H2,1H3,(H,23,25)/t20-/m0/s1. The van der Waals surface area contributed by atoms with Gasteiger partial charge in [0.15, 0.2) is 0 Å². The Morgan fingerprint density at radius 3 is 2.55 bits per heavy atom. The second kappa shape index (κ2) is 8.97. The van der Waals surface area contributed by atoms with E-state index in [9.17, 15) is 19.7 Å². The van der Waals surface area contributed by atoms with Crippen molar-refractivity contribution in [3.05, 3.63) is 88.0 Å². The first kappa shape index (κ1) is 20.0. The number of rotatable bonds is 7. The summed E-state index contributed by atoms with van der Waals surface area (Å²) < 4.78 is 4.86. The van der Waals surface area contributed by atoms with Crippen molar-refractivity contribution in [2.45, 2.75) is 18.9 Å². The molecule has 1 amide bonds. The lowest BCUT2D eigenvalue weighted by Gasteiger charge is -2.18. The van der Waals surface area contributed by atoms with Crippen molar-refractivity contribution in [2.24, 2.45) is 0 Å². The zero-order valence-corrected chi connectivity index (χ0v) is 15.8. The van der Waals surface area contributed by atoms with Gasteiger partial charge in [-0.2, -0.15) is 0 Å². The van der Waals surface area contributed by atoms with Gasteiger partial charge in [-0.25, -0.2) is 4.79 Å². The molecule has 3 aromatic carbocycles. The molecule has 148 valence electrons. The molecule has 1 N–H and O–H groups in total. The number of ether oxygens (including phenoxy) is 1. The van der Waals surface area contributed by atoms with Gasteiger partial charge in [-0.05, 0) is 21.9 Å². The minimum absolute atomic E-state index is 0.0787. The molecule has 0 aliphatic carbocycles. The highest BCUT2D eigenvalue weighted by molar-refractivity contribution is 5.88. The first-order valence-corrected chi connectivity index (χ1v) is 9.05. The van der Waals surface area contributed by atoms with Gasteiger partial charge in [0, 0.05) is 18.6 Å². The number of non-ortho nitro benzene ring substituents is 1. The molecule has 0 aliphatic heterocycles. The van der Waals surface area contributed by atoms with Crippen LogP contribution in [0.2, 0.25) is 0 Å². The van der Waals surface area contributed by atoms with Crippen molar-refractivity contribution in [3.63, 3.8) is 0 Å². The molecular formula is C22H20N2O5. The third-order valence-corrected chi connectivity index (χ3v) is 4.61. The van der Waals surface area contributed by atoms with Crippen molar-refractivity contribution < 1.29 is 19.2 Å². The molecule has 3 rings (SSSR count). The number of nitro groups is 1. The summed E-state index contributed by atoms with van der Waals surface area (Å²) in [6.45, 7) is 0. The molecule has 0 aliphatic rings. The lowest BCUT2D eigenvalue weighted by molar-refractivity contribution is -0.384. The molecule has 0 radical (unpaired) electrons. The van der Waals surface area contributed by atoms with Crippen molar-refractivity contribution >= 4 is 28.3 Å². The maximum Gasteiger partial charge on any atom is 0.328 e. The summed E-state index contributed by atoms with van der Waals surface area (Å²) >= 11 is 0. The van der Waals surface area contributed by atoms with Crippen molar-refractivity contribution in [3.8, 4) is 0 Å². The predicted octanol–water partition coefficient (Wildman–Crippen LogP) is 3.19. The summed E-state index contributed by atoms with van der Waals surface area (Å²) in [5.41, 5.74) is 1.31. The fourth-order valence-electron chi connectivity index (χ4n) is 3.24. The first-order chi connectivity index (χ1) is 14.0. The fourth-order valence-corrected chi connectivity index (χ4v) is 3.24. The molecule has 0 unspecified atom stereocenters. The number of carbonyl (C=O) groups is 2. The lowest BCUT2D eigenvalue weighted by atomic mass is 9.98. The number of hydrogen-bond acceptors (Lipinski definition) is 5. The van der Waals surface area contributed by atoms with Gasteiger partial charge in [0.25, 0.3) is 5.69 Å². The van der Waals surface area contributed by atoms with Crippen LogP contribution >= 0.6 is 0 Å². The van der Waals surface area contributed by atoms with Gasteiger partial charge in [0.1, 0.15) is 6.04 Å². The number of benzene rings is 3. The molecule has 0 heterocycles. The highest BCUT2D eigenvalue weighted by Gasteiger charge is 2.23. The van der Waals surface area contributed by atoms with Crippen molar-refractivity contribution in [1.82, 2.24) is 5.32 Å². The molecule has 7 heteroatoms. The Morgan fingerprint density at radius 1 is 1.07 bits per heavy atom. The summed E-state index contributed by atoms with van der Waals surface area (Å²) in [6, 6.07) is 18.6. The van der Waals surface area contributed by atoms with E-state index in [0.29, 0.717) is 5.56 Å². The summed E-state index contributed by atoms with van der Waals surface area (Å²) in [5.74, 6) is -0.966. The topological polar surface area (TPSA) is 98.5 Å². The van der Waals surface area contributed by atoms with Crippen LogP contribution in [-0.4, -0.2) is 30.0 Å². The first-order valence-electron chi connectivity index (χ1n) is 9.05. The quantitative estimate of drug-likeness (QED) is 0.378. The van der Waals surface area contributed by atoms with Crippen LogP contribution in [-0.2, 0) is 27.2 Å². The SMILES string of the molecule is COC(=O)[C@H](Cc1cccc2ccccc12)NC(=O)Cc1cccc([N+](=O)[O-])c1. The van der Waals surface area contributed by atoms with Gasteiger partial charge in [0.05, 0.1) is 18.5 Å². The molecule has 0 saturated heterocycles. The highest BCUT2D eigenvalue weighted by Crippen LogP contribution is 2.20. The van der Waals surface area contributed by atoms with Crippen molar-refractivity contribution in [1.29, 1.82) is 0 Å². The van der Waals surface area contributed by atoms with Crippen LogP contribution in [0.5, 0.6) is 0 Å². The normalized spacial score (nSPS) is 11.6. The molecule has 0 saturated carbocycles. The number of nitro benzene ring substituents is 1. The van der Waals surface area contributed by atoms with Crippen LogP contribution in [0.4, 0.5) is 5.69 Å². The molecule has 0 spiro atoms. The van der Waals surface area contributed by atoms with E-state index >= 15 is 0 Å².